The number of aliphatic carboxylic acids is 1. The molecule has 3 radical (unpaired) electrons. The summed E-state index contributed by atoms with van der Waals surface area (Å²) in [6.07, 6.45) is 7.34. The number of aliphatic hydroxyl groups is 3. The smallest absolute Gasteiger partial charge is 0.550 e. The normalized spacial score (nSPS) is 11.6. The zero-order chi connectivity index (χ0) is 85.6. The number of aliphatic hydroxyl groups excluding tert-OH is 3. The van der Waals surface area contributed by atoms with Gasteiger partial charge in [0.05, 0.1) is 182 Å². The molecular weight excluding hydrogens is 1530 g/mol. The molecule has 0 amide bonds. The van der Waals surface area contributed by atoms with Crippen molar-refractivity contribution in [2.45, 2.75) is 137 Å². The van der Waals surface area contributed by atoms with Crippen LogP contribution in [0.1, 0.15) is 133 Å². The number of carboxylic acids is 1. The van der Waals surface area contributed by atoms with Gasteiger partial charge in [-0.05, 0) is 142 Å². The summed E-state index contributed by atoms with van der Waals surface area (Å²) in [7, 11) is 10.3. The van der Waals surface area contributed by atoms with E-state index in [4.69, 9.17) is 90.4 Å². The number of unbranched alkanes of at least 4 members (excludes halogenated alkanes) is 1. The maximum atomic E-state index is 10.9. The van der Waals surface area contributed by atoms with Gasteiger partial charge < -0.3 is 115 Å². The van der Waals surface area contributed by atoms with Gasteiger partial charge in [-0.15, -0.1) is 0 Å². The van der Waals surface area contributed by atoms with Crippen LogP contribution in [0.5, 0.6) is 28.7 Å². The van der Waals surface area contributed by atoms with Crippen LogP contribution in [0.3, 0.4) is 0 Å². The Morgan fingerprint density at radius 3 is 1.09 bits per heavy atom. The fourth-order valence-corrected chi connectivity index (χ4v) is 10.9. The molecular formula is C85H134BN3NaO27. The first kappa shape index (κ1) is 115. The second-order valence-corrected chi connectivity index (χ2v) is 26.4. The van der Waals surface area contributed by atoms with Crippen molar-refractivity contribution in [3.63, 3.8) is 0 Å². The van der Waals surface area contributed by atoms with E-state index in [1.807, 2.05) is 62.4 Å². The molecule has 0 aliphatic carbocycles. The van der Waals surface area contributed by atoms with Crippen molar-refractivity contribution in [1.82, 2.24) is 4.90 Å². The first-order chi connectivity index (χ1) is 55.6. The molecule has 0 aromatic heterocycles. The summed E-state index contributed by atoms with van der Waals surface area (Å²) in [5.74, 6) is 0.994. The fourth-order valence-electron chi connectivity index (χ4n) is 10.9. The maximum Gasteiger partial charge on any atom is 1.00 e. The van der Waals surface area contributed by atoms with Gasteiger partial charge in [-0.2, -0.15) is 10.5 Å². The monoisotopic (exact) mass is 1660 g/mol. The van der Waals surface area contributed by atoms with Gasteiger partial charge in [-0.25, -0.2) is 19.4 Å². The Balaban J connectivity index is -0.00000166. The third kappa shape index (κ3) is 53.6. The van der Waals surface area contributed by atoms with Crippen LogP contribution in [0.25, 0.3) is 0 Å². The third-order valence-corrected chi connectivity index (χ3v) is 17.2. The summed E-state index contributed by atoms with van der Waals surface area (Å²) in [4.78, 5) is 49.4. The molecule has 0 aliphatic rings. The summed E-state index contributed by atoms with van der Waals surface area (Å²) >= 11 is 0. The minimum absolute atomic E-state index is 0. The number of nitrogens with zero attached hydrogens (tertiary/aromatic N) is 3. The molecule has 655 valence electrons. The molecule has 0 aliphatic heterocycles. The second kappa shape index (κ2) is 75.6. The second-order valence-electron chi connectivity index (χ2n) is 26.4. The average molecular weight is 1660 g/mol. The van der Waals surface area contributed by atoms with Crippen molar-refractivity contribution in [2.24, 2.45) is 11.8 Å². The Hall–Kier alpha value is -6.64. The van der Waals surface area contributed by atoms with Gasteiger partial charge in [0.25, 0.3) is 0 Å². The van der Waals surface area contributed by atoms with E-state index in [2.05, 4.69) is 66.8 Å². The Morgan fingerprint density at radius 1 is 0.453 bits per heavy atom. The Morgan fingerprint density at radius 2 is 0.769 bits per heavy atom. The molecule has 0 fully saturated rings. The molecule has 117 heavy (non-hydrogen) atoms. The molecule has 0 spiro atoms. The molecule has 30 nitrogen and oxygen atoms in total. The number of likely N-dealkylation sites (N-methyl/N-ethyl adjacent to an activating group) is 1. The number of methoxy groups -OCH3 is 5. The quantitative estimate of drug-likeness (QED) is 0.0166. The molecule has 2 atom stereocenters. The van der Waals surface area contributed by atoms with Gasteiger partial charge in [0.1, 0.15) is 50.0 Å². The first-order valence-electron chi connectivity index (χ1n) is 39.0. The molecule has 0 bridgehead atoms. The number of hydrogen-bond donors (Lipinski definition) is 3. The predicted octanol–water partition coefficient (Wildman–Crippen LogP) is 5.30. The molecule has 3 N–H and O–H groups in total. The van der Waals surface area contributed by atoms with Crippen molar-refractivity contribution in [1.29, 1.82) is 10.5 Å². The Labute approximate surface area is 719 Å². The third-order valence-electron chi connectivity index (χ3n) is 17.2. The van der Waals surface area contributed by atoms with Crippen molar-refractivity contribution in [3.05, 3.63) is 112 Å². The van der Waals surface area contributed by atoms with E-state index in [1.165, 1.54) is 12.0 Å². The van der Waals surface area contributed by atoms with Crippen molar-refractivity contribution in [2.75, 3.05) is 214 Å². The number of carboxylic acid groups (broad SMARTS) is 1. The zero-order valence-corrected chi connectivity index (χ0v) is 74.4. The molecule has 0 saturated heterocycles. The number of aldehydes is 1. The standard InChI is InChI=1S/C39H62N2O10.C22H33NO6.C18H30O5.C4H6O4.C2H4O2.B.Na/c1-32(2)39(31-40,35-9-11-36(34(29-35)30-42)50-26-24-48-22-20-46-18-16-43-4)13-7-14-41(3)15-12-33-8-10-37(38(28-33)45-6)51-27-25-49-23-21-47-19-17-44-5;1-18(2)22(17-23,7-4-8-24)20-5-6-21(19(15-20)16-25)29-14-13-28-12-11-27-10-9-26-3;1-3-4-5-16-6-7-18(17(14-16)15-19)23-13-12-22-11-10-21-9-8-20-2;1-3(5)7-8-4(2)6;1-2(3)4;;/h8-11,28-29,32,42H,7,12-27,30H2,1-6H3;5-6,8,15,18,25H,4,7,9-14,16H2,1-3H3;6-7,14,19H,3-5,8-13,15H2,1-2H3;1-2H3;1H3,(H,3,4);;/q;;;;;;+1/p-1. The number of benzene rings is 4. The molecule has 2 unspecified atom stereocenters. The van der Waals surface area contributed by atoms with Gasteiger partial charge in [-0.3, -0.25) is 0 Å². The van der Waals surface area contributed by atoms with E-state index in [9.17, 15) is 40.2 Å². The Bertz CT molecular complexity index is 3220. The van der Waals surface area contributed by atoms with Crippen LogP contribution in [0.15, 0.2) is 72.8 Å². The summed E-state index contributed by atoms with van der Waals surface area (Å²) in [6.45, 7) is 26.7. The zero-order valence-electron chi connectivity index (χ0n) is 72.4. The van der Waals surface area contributed by atoms with Gasteiger partial charge in [0.15, 0.2) is 11.5 Å². The van der Waals surface area contributed by atoms with Gasteiger partial charge >= 0.3 is 41.5 Å². The van der Waals surface area contributed by atoms with E-state index in [-0.39, 0.29) is 69.6 Å². The van der Waals surface area contributed by atoms with Gasteiger partial charge in [0, 0.05) is 86.3 Å². The van der Waals surface area contributed by atoms with Crippen LogP contribution in [-0.4, -0.2) is 267 Å². The summed E-state index contributed by atoms with van der Waals surface area (Å²) in [5.41, 5.74) is 4.71. The largest absolute Gasteiger partial charge is 1.00 e. The van der Waals surface area contributed by atoms with Crippen LogP contribution in [0, 0.1) is 34.5 Å². The predicted molar refractivity (Wildman–Crippen MR) is 435 cm³/mol. The van der Waals surface area contributed by atoms with Crippen LogP contribution >= 0.6 is 0 Å². The number of carbonyl (C=O) groups excluding carboxylic acids is 4. The van der Waals surface area contributed by atoms with Gasteiger partial charge in [0.2, 0.25) is 0 Å². The van der Waals surface area contributed by atoms with Gasteiger partial charge in [-0.1, -0.05) is 65.3 Å². The number of carbonyl (C=O) groups is 4. The minimum atomic E-state index is -1.08. The minimum Gasteiger partial charge on any atom is -0.550 e. The first-order valence-corrected chi connectivity index (χ1v) is 39.0. The van der Waals surface area contributed by atoms with Crippen LogP contribution < -0.4 is 58.3 Å². The Kier molecular flexibility index (Phi) is 74.0. The van der Waals surface area contributed by atoms with Crippen molar-refractivity contribution < 1.29 is 159 Å². The van der Waals surface area contributed by atoms with Crippen LogP contribution in [0.4, 0.5) is 0 Å². The molecule has 4 aromatic rings. The average Bonchev–Trinajstić information content (AvgIpc) is 0.793. The summed E-state index contributed by atoms with van der Waals surface area (Å²) < 4.78 is 91.9. The number of hydrogen-bond acceptors (Lipinski definition) is 30. The molecule has 0 heterocycles. The maximum absolute atomic E-state index is 10.9. The van der Waals surface area contributed by atoms with E-state index in [0.717, 1.165) is 93.8 Å². The number of nitriles is 2. The van der Waals surface area contributed by atoms with Crippen LogP contribution in [0.2, 0.25) is 0 Å². The number of rotatable bonds is 61. The van der Waals surface area contributed by atoms with E-state index in [0.29, 0.717) is 212 Å². The molecule has 4 aromatic carbocycles. The molecule has 4 rings (SSSR count). The topological polar surface area (TPSA) is 378 Å². The number of aryl methyl sites for hydroxylation is 1. The van der Waals surface area contributed by atoms with Crippen LogP contribution in [-0.2, 0) is 129 Å². The molecule has 32 heteroatoms. The number of ether oxygens (including phenoxy) is 17. The summed E-state index contributed by atoms with van der Waals surface area (Å²) in [5, 5.41) is 58.7. The molecule has 0 saturated carbocycles. The SMILES string of the molecule is CC(=O)OOC(C)=O.CC(=O)[O-].CCCCc1ccc(OCCOCCOCCOC)c(CO)c1.COCCOCCOCCOc1ccc(C(C#N)(CCC=O)C(C)C)cc1CO.COCCOCCOCCOc1ccc(C(C#N)(CCCN(C)CCc2ccc(OCCOCCOCCOC)c(OC)c2)C(C)C)cc1CO.[B].[Na+]. The summed E-state index contributed by atoms with van der Waals surface area (Å²) in [6, 6.07) is 28.2. The van der Waals surface area contributed by atoms with Crippen molar-refractivity contribution >= 4 is 32.6 Å². The van der Waals surface area contributed by atoms with E-state index < -0.39 is 28.7 Å². The van der Waals surface area contributed by atoms with Crippen molar-refractivity contribution in [3.8, 4) is 40.9 Å². The fraction of sp³-hybridized carbons (Fsp3) is 0.647. The van der Waals surface area contributed by atoms with E-state index >= 15 is 0 Å². The van der Waals surface area contributed by atoms with E-state index in [1.54, 1.807) is 47.7 Å².